The van der Waals surface area contributed by atoms with Gasteiger partial charge in [0.1, 0.15) is 0 Å². The summed E-state index contributed by atoms with van der Waals surface area (Å²) in [5.41, 5.74) is 3.24. The zero-order valence-corrected chi connectivity index (χ0v) is 7.33. The minimum atomic E-state index is 0.0431. The number of aliphatic hydroxyl groups excluding tert-OH is 2. The van der Waals surface area contributed by atoms with E-state index in [4.69, 9.17) is 10.2 Å². The van der Waals surface area contributed by atoms with E-state index >= 15 is 0 Å². The Hall–Kier alpha value is -0.900. The molecule has 0 saturated heterocycles. The summed E-state index contributed by atoms with van der Waals surface area (Å²) in [6, 6.07) is 5.92. The molecule has 1 aromatic carbocycles. The van der Waals surface area contributed by atoms with Crippen LogP contribution in [0.4, 0.5) is 0 Å². The van der Waals surface area contributed by atoms with Gasteiger partial charge in [-0.3, -0.25) is 0 Å². The monoisotopic (exact) mass is 179 g/mol. The lowest BCUT2D eigenvalue weighted by molar-refractivity contribution is 0.251. The summed E-state index contributed by atoms with van der Waals surface area (Å²) in [4.78, 5) is 0. The number of nitrogens with one attached hydrogen (secondary N) is 1. The molecule has 0 spiro atoms. The molecule has 0 bridgehead atoms. The molecule has 0 unspecified atom stereocenters. The smallest absolute Gasteiger partial charge is 0.0681 e. The summed E-state index contributed by atoms with van der Waals surface area (Å²) in [6.07, 6.45) is 0. The predicted octanol–water partition coefficient (Wildman–Crippen LogP) is 0.316. The maximum absolute atomic E-state index is 9.05. The standard InChI is InChI=1S/C10H13NO2/c12-5-7-1-2-8-4-11-10(6-13)9(8)3-7/h1-3,10-13H,4-6H2/t10-/m1/s1. The van der Waals surface area contributed by atoms with Crippen LogP contribution in [0.15, 0.2) is 18.2 Å². The van der Waals surface area contributed by atoms with Crippen LogP contribution in [0, 0.1) is 0 Å². The van der Waals surface area contributed by atoms with E-state index in [0.717, 1.165) is 17.7 Å². The second-order valence-electron chi connectivity index (χ2n) is 3.31. The van der Waals surface area contributed by atoms with Gasteiger partial charge in [-0.15, -0.1) is 0 Å². The molecule has 0 fully saturated rings. The zero-order chi connectivity index (χ0) is 9.26. The van der Waals surface area contributed by atoms with E-state index in [-0.39, 0.29) is 19.3 Å². The molecule has 3 N–H and O–H groups in total. The van der Waals surface area contributed by atoms with Crippen LogP contribution in [0.1, 0.15) is 22.7 Å². The Balaban J connectivity index is 2.37. The molecule has 0 saturated carbocycles. The molecule has 70 valence electrons. The molecule has 2 rings (SSSR count). The average molecular weight is 179 g/mol. The third-order valence-corrected chi connectivity index (χ3v) is 2.49. The van der Waals surface area contributed by atoms with Crippen molar-refractivity contribution in [2.24, 2.45) is 0 Å². The van der Waals surface area contributed by atoms with Crippen molar-refractivity contribution >= 4 is 0 Å². The van der Waals surface area contributed by atoms with Crippen LogP contribution in [0.25, 0.3) is 0 Å². The summed E-state index contributed by atoms with van der Waals surface area (Å²) in [5, 5.41) is 21.2. The van der Waals surface area contributed by atoms with Crippen LogP contribution in [0.5, 0.6) is 0 Å². The fraction of sp³-hybridized carbons (Fsp3) is 0.400. The molecule has 0 radical (unpaired) electrons. The van der Waals surface area contributed by atoms with Crippen LogP contribution >= 0.6 is 0 Å². The van der Waals surface area contributed by atoms with Crippen molar-refractivity contribution in [3.05, 3.63) is 34.9 Å². The summed E-state index contributed by atoms with van der Waals surface area (Å²) < 4.78 is 0. The van der Waals surface area contributed by atoms with Crippen molar-refractivity contribution in [2.75, 3.05) is 6.61 Å². The molecule has 0 amide bonds. The highest BCUT2D eigenvalue weighted by Gasteiger charge is 2.20. The Morgan fingerprint density at radius 3 is 2.92 bits per heavy atom. The van der Waals surface area contributed by atoms with Crippen molar-refractivity contribution in [1.82, 2.24) is 5.32 Å². The third kappa shape index (κ3) is 1.46. The normalized spacial score (nSPS) is 20.3. The lowest BCUT2D eigenvalue weighted by Gasteiger charge is -2.08. The summed E-state index contributed by atoms with van der Waals surface area (Å²) in [5.74, 6) is 0. The van der Waals surface area contributed by atoms with Crippen LogP contribution < -0.4 is 5.32 Å². The quantitative estimate of drug-likeness (QED) is 0.612. The molecule has 1 atom stereocenters. The van der Waals surface area contributed by atoms with Crippen molar-refractivity contribution in [3.63, 3.8) is 0 Å². The second kappa shape index (κ2) is 3.46. The molecule has 13 heavy (non-hydrogen) atoms. The molecule has 0 aromatic heterocycles. The maximum atomic E-state index is 9.05. The lowest BCUT2D eigenvalue weighted by atomic mass is 10.0. The summed E-state index contributed by atoms with van der Waals surface area (Å²) in [6.45, 7) is 0.986. The molecule has 1 aliphatic heterocycles. The van der Waals surface area contributed by atoms with Gasteiger partial charge in [0.25, 0.3) is 0 Å². The van der Waals surface area contributed by atoms with Gasteiger partial charge in [0, 0.05) is 6.54 Å². The Morgan fingerprint density at radius 2 is 2.23 bits per heavy atom. The first-order chi connectivity index (χ1) is 6.35. The Kier molecular flexibility index (Phi) is 2.31. The van der Waals surface area contributed by atoms with Gasteiger partial charge >= 0.3 is 0 Å². The van der Waals surface area contributed by atoms with Gasteiger partial charge in [-0.1, -0.05) is 18.2 Å². The van der Waals surface area contributed by atoms with Gasteiger partial charge in [-0.05, 0) is 16.7 Å². The highest BCUT2D eigenvalue weighted by molar-refractivity contribution is 5.37. The second-order valence-corrected chi connectivity index (χ2v) is 3.31. The Labute approximate surface area is 77.0 Å². The van der Waals surface area contributed by atoms with Crippen LogP contribution in [0.2, 0.25) is 0 Å². The molecule has 1 heterocycles. The van der Waals surface area contributed by atoms with E-state index < -0.39 is 0 Å². The van der Waals surface area contributed by atoms with E-state index in [0.29, 0.717) is 0 Å². The average Bonchev–Trinajstić information content (AvgIpc) is 2.59. The topological polar surface area (TPSA) is 52.5 Å². The van der Waals surface area contributed by atoms with Crippen LogP contribution in [0.3, 0.4) is 0 Å². The molecule has 0 aliphatic carbocycles. The summed E-state index contributed by atoms with van der Waals surface area (Å²) >= 11 is 0. The number of benzene rings is 1. The Morgan fingerprint density at radius 1 is 1.38 bits per heavy atom. The Bertz CT molecular complexity index is 312. The van der Waals surface area contributed by atoms with E-state index in [1.807, 2.05) is 18.2 Å². The molecular formula is C10H13NO2. The van der Waals surface area contributed by atoms with Crippen molar-refractivity contribution in [2.45, 2.75) is 19.2 Å². The summed E-state index contributed by atoms with van der Waals surface area (Å²) in [7, 11) is 0. The molecule has 1 aliphatic rings. The van der Waals surface area contributed by atoms with Crippen molar-refractivity contribution in [1.29, 1.82) is 0 Å². The van der Waals surface area contributed by atoms with Crippen molar-refractivity contribution < 1.29 is 10.2 Å². The number of hydrogen-bond acceptors (Lipinski definition) is 3. The minimum absolute atomic E-state index is 0.0431. The first-order valence-electron chi connectivity index (χ1n) is 4.42. The fourth-order valence-corrected chi connectivity index (χ4v) is 1.73. The number of aliphatic hydroxyl groups is 2. The van der Waals surface area contributed by atoms with E-state index in [1.165, 1.54) is 5.56 Å². The van der Waals surface area contributed by atoms with Crippen LogP contribution in [-0.2, 0) is 13.2 Å². The lowest BCUT2D eigenvalue weighted by Crippen LogP contribution is -2.15. The van der Waals surface area contributed by atoms with Crippen LogP contribution in [-0.4, -0.2) is 16.8 Å². The first kappa shape index (κ1) is 8.69. The van der Waals surface area contributed by atoms with Gasteiger partial charge in [-0.25, -0.2) is 0 Å². The number of hydrogen-bond donors (Lipinski definition) is 3. The minimum Gasteiger partial charge on any atom is -0.394 e. The molecule has 3 heteroatoms. The number of fused-ring (bicyclic) bond motifs is 1. The predicted molar refractivity (Wildman–Crippen MR) is 49.0 cm³/mol. The highest BCUT2D eigenvalue weighted by Crippen LogP contribution is 2.25. The van der Waals surface area contributed by atoms with Gasteiger partial charge in [0.2, 0.25) is 0 Å². The van der Waals surface area contributed by atoms with E-state index in [9.17, 15) is 0 Å². The number of rotatable bonds is 2. The third-order valence-electron chi connectivity index (χ3n) is 2.49. The maximum Gasteiger partial charge on any atom is 0.0681 e. The highest BCUT2D eigenvalue weighted by atomic mass is 16.3. The van der Waals surface area contributed by atoms with Gasteiger partial charge in [-0.2, -0.15) is 0 Å². The molecular weight excluding hydrogens is 166 g/mol. The van der Waals surface area contributed by atoms with Crippen molar-refractivity contribution in [3.8, 4) is 0 Å². The van der Waals surface area contributed by atoms with Gasteiger partial charge in [0.15, 0.2) is 0 Å². The van der Waals surface area contributed by atoms with E-state index in [2.05, 4.69) is 5.32 Å². The van der Waals surface area contributed by atoms with Gasteiger partial charge in [0.05, 0.1) is 19.3 Å². The molecule has 3 nitrogen and oxygen atoms in total. The SMILES string of the molecule is OCc1ccc2c(c1)[C@@H](CO)NC2. The zero-order valence-electron chi connectivity index (χ0n) is 7.33. The fourth-order valence-electron chi connectivity index (χ4n) is 1.73. The van der Waals surface area contributed by atoms with Gasteiger partial charge < -0.3 is 15.5 Å². The molecule has 1 aromatic rings. The largest absolute Gasteiger partial charge is 0.394 e. The van der Waals surface area contributed by atoms with E-state index in [1.54, 1.807) is 0 Å². The first-order valence-corrected chi connectivity index (χ1v) is 4.42.